The van der Waals surface area contributed by atoms with E-state index in [-0.39, 0.29) is 17.4 Å². The number of aliphatic hydroxyl groups is 1. The largest absolute Gasteiger partial charge is 0.507 e. The molecule has 0 heterocycles. The summed E-state index contributed by atoms with van der Waals surface area (Å²) in [6, 6.07) is 18.5. The normalized spacial score (nSPS) is 12.5. The molecule has 0 radical (unpaired) electrons. The highest BCUT2D eigenvalue weighted by molar-refractivity contribution is 7.98. The fraction of sp³-hybridized carbons (Fsp3) is 0.231. The summed E-state index contributed by atoms with van der Waals surface area (Å²) in [6.45, 7) is 3.51. The number of hydrogen-bond acceptors (Lipinski definition) is 6. The lowest BCUT2D eigenvalue weighted by atomic mass is 9.99. The molecule has 0 amide bonds. The average molecular weight is 464 g/mol. The number of aliphatic hydroxyl groups excluding tert-OH is 1. The van der Waals surface area contributed by atoms with Crippen molar-refractivity contribution in [3.63, 3.8) is 0 Å². The van der Waals surface area contributed by atoms with Crippen molar-refractivity contribution in [2.24, 2.45) is 16.7 Å². The van der Waals surface area contributed by atoms with Gasteiger partial charge in [0.1, 0.15) is 17.7 Å². The van der Waals surface area contributed by atoms with Gasteiger partial charge in [-0.2, -0.15) is 5.10 Å². The third-order valence-corrected chi connectivity index (χ3v) is 6.62. The molecule has 0 aliphatic rings. The third kappa shape index (κ3) is 5.74. The summed E-state index contributed by atoms with van der Waals surface area (Å²) in [5.41, 5.74) is 10.2. The summed E-state index contributed by atoms with van der Waals surface area (Å²) in [4.78, 5) is 12.7. The molecule has 172 valence electrons. The highest BCUT2D eigenvalue weighted by Crippen LogP contribution is 2.35. The molecule has 1 atom stereocenters. The molecule has 3 aromatic rings. The number of phenols is 1. The number of carbonyl (C=O) groups is 1. The Kier molecular flexibility index (Phi) is 8.14. The van der Waals surface area contributed by atoms with Crippen LogP contribution in [0.2, 0.25) is 0 Å². The van der Waals surface area contributed by atoms with Gasteiger partial charge in [-0.25, -0.2) is 0 Å². The number of nitrogens with two attached hydrogens (primary N) is 2. The smallest absolute Gasteiger partial charge is 0.163 e. The van der Waals surface area contributed by atoms with E-state index in [1.807, 2.05) is 43.3 Å². The van der Waals surface area contributed by atoms with E-state index in [1.165, 1.54) is 6.92 Å². The molecule has 6 N–H and O–H groups in total. The highest BCUT2D eigenvalue weighted by Gasteiger charge is 2.16. The second-order valence-corrected chi connectivity index (χ2v) is 8.83. The van der Waals surface area contributed by atoms with Crippen LogP contribution in [0.1, 0.15) is 64.5 Å². The SMILES string of the molecule is CCCc1c(SCc2ccc(C(O)c3cccc(/C(N)=N/N)c3)cc2)ccc(C(C)=O)c1O. The molecule has 33 heavy (non-hydrogen) atoms. The first-order valence-corrected chi connectivity index (χ1v) is 11.7. The van der Waals surface area contributed by atoms with Gasteiger partial charge < -0.3 is 21.8 Å². The van der Waals surface area contributed by atoms with E-state index in [1.54, 1.807) is 36.0 Å². The lowest BCUT2D eigenvalue weighted by molar-refractivity contribution is 0.101. The van der Waals surface area contributed by atoms with Gasteiger partial charge in [0, 0.05) is 21.8 Å². The van der Waals surface area contributed by atoms with Crippen molar-refractivity contribution >= 4 is 23.4 Å². The molecule has 7 heteroatoms. The third-order valence-electron chi connectivity index (χ3n) is 5.45. The number of nitrogens with zero attached hydrogens (tertiary/aromatic N) is 1. The van der Waals surface area contributed by atoms with Gasteiger partial charge in [-0.05, 0) is 48.2 Å². The minimum atomic E-state index is -0.801. The summed E-state index contributed by atoms with van der Waals surface area (Å²) < 4.78 is 0. The van der Waals surface area contributed by atoms with Crippen LogP contribution in [0.3, 0.4) is 0 Å². The van der Waals surface area contributed by atoms with Gasteiger partial charge in [-0.1, -0.05) is 55.8 Å². The van der Waals surface area contributed by atoms with Crippen LogP contribution >= 0.6 is 11.8 Å². The maximum absolute atomic E-state index is 11.8. The number of Topliss-reactive ketones (excluding diaryl/α,β-unsaturated/α-hetero) is 1. The number of thioether (sulfide) groups is 1. The molecule has 3 rings (SSSR count). The van der Waals surface area contributed by atoms with Crippen molar-refractivity contribution in [2.45, 2.75) is 43.4 Å². The summed E-state index contributed by atoms with van der Waals surface area (Å²) in [6.07, 6.45) is 0.780. The Hall–Kier alpha value is -3.29. The molecule has 0 aliphatic heterocycles. The quantitative estimate of drug-likeness (QED) is 0.0925. The van der Waals surface area contributed by atoms with Crippen LogP contribution in [-0.2, 0) is 12.2 Å². The molecular formula is C26H29N3O3S. The number of rotatable bonds is 9. The molecule has 0 bridgehead atoms. The zero-order chi connectivity index (χ0) is 24.0. The fourth-order valence-corrected chi connectivity index (χ4v) is 4.67. The molecule has 0 fully saturated rings. The predicted molar refractivity (Wildman–Crippen MR) is 134 cm³/mol. The molecule has 6 nitrogen and oxygen atoms in total. The van der Waals surface area contributed by atoms with Gasteiger partial charge in [0.25, 0.3) is 0 Å². The van der Waals surface area contributed by atoms with E-state index >= 15 is 0 Å². The van der Waals surface area contributed by atoms with E-state index in [0.717, 1.165) is 28.0 Å². The number of aromatic hydroxyl groups is 1. The minimum absolute atomic E-state index is 0.0929. The molecule has 0 aromatic heterocycles. The van der Waals surface area contributed by atoms with Crippen LogP contribution in [-0.4, -0.2) is 21.8 Å². The molecule has 1 unspecified atom stereocenters. The van der Waals surface area contributed by atoms with Gasteiger partial charge in [-0.15, -0.1) is 11.8 Å². The number of ketones is 1. The second kappa shape index (κ2) is 11.0. The van der Waals surface area contributed by atoms with Crippen LogP contribution in [0.15, 0.2) is 70.7 Å². The Labute approximate surface area is 198 Å². The van der Waals surface area contributed by atoms with Crippen molar-refractivity contribution in [3.05, 3.63) is 94.0 Å². The number of benzene rings is 3. The van der Waals surface area contributed by atoms with Crippen LogP contribution in [0.4, 0.5) is 0 Å². The standard InChI is InChI=1S/C26H29N3O3S/c1-3-5-22-23(13-12-21(16(2)30)25(22)32)33-15-17-8-10-18(11-9-17)24(31)19-6-4-7-20(14-19)26(27)29-28/h4,6-14,24,31-32H,3,5,15,28H2,1-2H3,(H2,27,29). The van der Waals surface area contributed by atoms with Crippen LogP contribution in [0.5, 0.6) is 5.75 Å². The Morgan fingerprint density at radius 1 is 1.09 bits per heavy atom. The number of hydrogen-bond donors (Lipinski definition) is 4. The molecule has 0 spiro atoms. The van der Waals surface area contributed by atoms with Gasteiger partial charge >= 0.3 is 0 Å². The van der Waals surface area contributed by atoms with E-state index < -0.39 is 6.10 Å². The maximum Gasteiger partial charge on any atom is 0.163 e. The van der Waals surface area contributed by atoms with Gasteiger partial charge in [0.2, 0.25) is 0 Å². The zero-order valence-corrected chi connectivity index (χ0v) is 19.6. The van der Waals surface area contributed by atoms with Crippen molar-refractivity contribution in [3.8, 4) is 5.75 Å². The molecule has 0 saturated heterocycles. The first-order valence-electron chi connectivity index (χ1n) is 10.7. The van der Waals surface area contributed by atoms with Crippen molar-refractivity contribution < 1.29 is 15.0 Å². The van der Waals surface area contributed by atoms with E-state index in [4.69, 9.17) is 11.6 Å². The number of phenolic OH excluding ortho intramolecular Hbond substituents is 1. The molecule has 3 aromatic carbocycles. The summed E-state index contributed by atoms with van der Waals surface area (Å²) in [5.74, 6) is 6.12. The zero-order valence-electron chi connectivity index (χ0n) is 18.8. The Morgan fingerprint density at radius 3 is 2.45 bits per heavy atom. The van der Waals surface area contributed by atoms with Crippen molar-refractivity contribution in [1.29, 1.82) is 0 Å². The predicted octanol–water partition coefficient (Wildman–Crippen LogP) is 4.50. The molecule has 0 aliphatic carbocycles. The number of amidine groups is 1. The van der Waals surface area contributed by atoms with Crippen molar-refractivity contribution in [2.75, 3.05) is 0 Å². The van der Waals surface area contributed by atoms with Crippen LogP contribution in [0, 0.1) is 0 Å². The fourth-order valence-electron chi connectivity index (χ4n) is 3.62. The first kappa shape index (κ1) is 24.4. The number of carbonyl (C=O) groups excluding carboxylic acids is 1. The first-order chi connectivity index (χ1) is 15.8. The summed E-state index contributed by atoms with van der Waals surface area (Å²) in [7, 11) is 0. The second-order valence-electron chi connectivity index (χ2n) is 7.82. The Morgan fingerprint density at radius 2 is 1.82 bits per heavy atom. The Bertz CT molecular complexity index is 1160. The van der Waals surface area contributed by atoms with E-state index in [2.05, 4.69) is 5.10 Å². The summed E-state index contributed by atoms with van der Waals surface area (Å²) in [5, 5.41) is 24.9. The van der Waals surface area contributed by atoms with E-state index in [9.17, 15) is 15.0 Å². The minimum Gasteiger partial charge on any atom is -0.507 e. The topological polar surface area (TPSA) is 122 Å². The lowest BCUT2D eigenvalue weighted by Crippen LogP contribution is -2.16. The van der Waals surface area contributed by atoms with Crippen LogP contribution in [0.25, 0.3) is 0 Å². The lowest BCUT2D eigenvalue weighted by Gasteiger charge is -2.15. The summed E-state index contributed by atoms with van der Waals surface area (Å²) >= 11 is 1.62. The average Bonchev–Trinajstić information content (AvgIpc) is 2.83. The van der Waals surface area contributed by atoms with Crippen LogP contribution < -0.4 is 11.6 Å². The van der Waals surface area contributed by atoms with Crippen molar-refractivity contribution in [1.82, 2.24) is 0 Å². The Balaban J connectivity index is 1.74. The molecule has 0 saturated carbocycles. The van der Waals surface area contributed by atoms with E-state index in [0.29, 0.717) is 28.9 Å². The monoisotopic (exact) mass is 463 g/mol. The van der Waals surface area contributed by atoms with Gasteiger partial charge in [-0.3, -0.25) is 4.79 Å². The molecular weight excluding hydrogens is 434 g/mol. The number of hydrazone groups is 1. The highest BCUT2D eigenvalue weighted by atomic mass is 32.2. The maximum atomic E-state index is 11.8. The van der Waals surface area contributed by atoms with Gasteiger partial charge in [0.15, 0.2) is 5.78 Å². The van der Waals surface area contributed by atoms with Gasteiger partial charge in [0.05, 0.1) is 5.56 Å².